The summed E-state index contributed by atoms with van der Waals surface area (Å²) < 4.78 is 13.9. The Morgan fingerprint density at radius 2 is 1.68 bits per heavy atom. The molecule has 0 aromatic heterocycles. The van der Waals surface area contributed by atoms with Gasteiger partial charge in [0.2, 0.25) is 0 Å². The van der Waals surface area contributed by atoms with E-state index in [4.69, 9.17) is 0 Å². The second-order valence-electron chi connectivity index (χ2n) is 5.24. The van der Waals surface area contributed by atoms with Gasteiger partial charge in [0.15, 0.2) is 18.6 Å². The van der Waals surface area contributed by atoms with Crippen molar-refractivity contribution in [1.29, 1.82) is 0 Å². The quantitative estimate of drug-likeness (QED) is 0.672. The van der Waals surface area contributed by atoms with Gasteiger partial charge in [0.1, 0.15) is 0 Å². The lowest BCUT2D eigenvalue weighted by atomic mass is 10.2. The third-order valence-corrected chi connectivity index (χ3v) is 7.05. The molecule has 112 valence electrons. The highest BCUT2D eigenvalue weighted by Gasteiger charge is 2.32. The van der Waals surface area contributed by atoms with Crippen LogP contribution in [0, 0.1) is 0 Å². The highest BCUT2D eigenvalue weighted by molar-refractivity contribution is 7.82. The lowest BCUT2D eigenvalue weighted by Gasteiger charge is -2.23. The number of allylic oxidation sites excluding steroid dienone is 4. The van der Waals surface area contributed by atoms with Crippen molar-refractivity contribution in [2.24, 2.45) is 0 Å². The van der Waals surface area contributed by atoms with Crippen LogP contribution in [0.4, 0.5) is 0 Å². The number of aromatic hydroxyl groups is 2. The molecule has 0 amide bonds. The molecular formula is C18H17O3P. The standard InChI is InChI=1S/C18H17O3P/c19-17-12-11-16(13-18(17)20)22(21,14-7-3-1-4-8-14)15-9-5-2-6-10-15/h1-5,7-9,11-13,19-20H,6,10H2. The normalized spacial score (nSPS) is 16.8. The van der Waals surface area contributed by atoms with Crippen LogP contribution in [0.3, 0.4) is 0 Å². The Kier molecular flexibility index (Phi) is 3.91. The Balaban J connectivity index is 2.23. The lowest BCUT2D eigenvalue weighted by Crippen LogP contribution is -2.18. The summed E-state index contributed by atoms with van der Waals surface area (Å²) in [6.45, 7) is 0. The first kappa shape index (κ1) is 14.7. The van der Waals surface area contributed by atoms with E-state index in [0.29, 0.717) is 5.30 Å². The molecule has 22 heavy (non-hydrogen) atoms. The molecule has 3 rings (SSSR count). The minimum atomic E-state index is -3.01. The Morgan fingerprint density at radius 1 is 0.909 bits per heavy atom. The number of benzene rings is 2. The fraction of sp³-hybridized carbons (Fsp3) is 0.111. The molecule has 1 atom stereocenters. The van der Waals surface area contributed by atoms with Gasteiger partial charge in [0.05, 0.1) is 0 Å². The predicted molar refractivity (Wildman–Crippen MR) is 89.5 cm³/mol. The summed E-state index contributed by atoms with van der Waals surface area (Å²) in [6.07, 6.45) is 7.46. The van der Waals surface area contributed by atoms with Gasteiger partial charge in [-0.3, -0.25) is 0 Å². The molecule has 1 aliphatic rings. The summed E-state index contributed by atoms with van der Waals surface area (Å²) in [5.74, 6) is -0.457. The van der Waals surface area contributed by atoms with Crippen LogP contribution in [-0.4, -0.2) is 10.2 Å². The highest BCUT2D eigenvalue weighted by atomic mass is 31.2. The minimum absolute atomic E-state index is 0.208. The zero-order chi connectivity index (χ0) is 15.6. The average Bonchev–Trinajstić information content (AvgIpc) is 2.58. The first-order valence-electron chi connectivity index (χ1n) is 7.17. The molecule has 0 bridgehead atoms. The van der Waals surface area contributed by atoms with E-state index in [1.165, 1.54) is 12.1 Å². The number of phenolic OH excluding ortho intramolecular Hbond substituents is 2. The maximum atomic E-state index is 13.9. The first-order valence-corrected chi connectivity index (χ1v) is 8.87. The van der Waals surface area contributed by atoms with Crippen molar-refractivity contribution < 1.29 is 14.8 Å². The van der Waals surface area contributed by atoms with E-state index in [9.17, 15) is 14.8 Å². The van der Waals surface area contributed by atoms with Crippen LogP contribution in [0.2, 0.25) is 0 Å². The van der Waals surface area contributed by atoms with Crippen molar-refractivity contribution in [2.75, 3.05) is 0 Å². The van der Waals surface area contributed by atoms with E-state index >= 15 is 0 Å². The molecule has 2 N–H and O–H groups in total. The third kappa shape index (κ3) is 2.49. The summed E-state index contributed by atoms with van der Waals surface area (Å²) >= 11 is 0. The second-order valence-corrected chi connectivity index (χ2v) is 8.07. The van der Waals surface area contributed by atoms with Crippen molar-refractivity contribution >= 4 is 17.8 Å². The number of rotatable bonds is 3. The van der Waals surface area contributed by atoms with Crippen LogP contribution < -0.4 is 10.6 Å². The van der Waals surface area contributed by atoms with Crippen molar-refractivity contribution in [3.05, 3.63) is 72.1 Å². The van der Waals surface area contributed by atoms with Crippen molar-refractivity contribution in [2.45, 2.75) is 12.8 Å². The molecule has 0 radical (unpaired) electrons. The Morgan fingerprint density at radius 3 is 2.32 bits per heavy atom. The molecule has 2 aromatic carbocycles. The van der Waals surface area contributed by atoms with Gasteiger partial charge in [0, 0.05) is 10.6 Å². The van der Waals surface area contributed by atoms with Gasteiger partial charge < -0.3 is 14.8 Å². The van der Waals surface area contributed by atoms with Crippen LogP contribution in [-0.2, 0) is 4.57 Å². The topological polar surface area (TPSA) is 57.5 Å². The zero-order valence-corrected chi connectivity index (χ0v) is 12.9. The molecule has 2 aromatic rings. The van der Waals surface area contributed by atoms with Gasteiger partial charge in [-0.25, -0.2) is 0 Å². The molecule has 0 heterocycles. The van der Waals surface area contributed by atoms with E-state index in [2.05, 4.69) is 0 Å². The Labute approximate surface area is 129 Å². The van der Waals surface area contributed by atoms with E-state index in [1.54, 1.807) is 6.07 Å². The smallest absolute Gasteiger partial charge is 0.167 e. The van der Waals surface area contributed by atoms with Crippen molar-refractivity contribution in [3.8, 4) is 11.5 Å². The third-order valence-electron chi connectivity index (χ3n) is 3.84. The number of phenols is 2. The molecule has 0 saturated carbocycles. The number of hydrogen-bond acceptors (Lipinski definition) is 3. The maximum absolute atomic E-state index is 13.9. The second kappa shape index (κ2) is 5.86. The lowest BCUT2D eigenvalue weighted by molar-refractivity contribution is 0.404. The molecule has 4 heteroatoms. The SMILES string of the molecule is O=P(C1=CC=CCC1)(c1ccccc1)c1ccc(O)c(O)c1. The van der Waals surface area contributed by atoms with Crippen molar-refractivity contribution in [3.63, 3.8) is 0 Å². The van der Waals surface area contributed by atoms with Gasteiger partial charge in [-0.05, 0) is 36.4 Å². The van der Waals surface area contributed by atoms with Crippen LogP contribution in [0.1, 0.15) is 12.8 Å². The fourth-order valence-corrected chi connectivity index (χ4v) is 5.56. The van der Waals surface area contributed by atoms with Gasteiger partial charge >= 0.3 is 0 Å². The van der Waals surface area contributed by atoms with Gasteiger partial charge in [-0.15, -0.1) is 0 Å². The monoisotopic (exact) mass is 312 g/mol. The van der Waals surface area contributed by atoms with Crippen molar-refractivity contribution in [1.82, 2.24) is 0 Å². The maximum Gasteiger partial charge on any atom is 0.167 e. The predicted octanol–water partition coefficient (Wildman–Crippen LogP) is 3.65. The molecule has 0 fully saturated rings. The number of hydrogen-bond donors (Lipinski definition) is 2. The van der Waals surface area contributed by atoms with E-state index in [0.717, 1.165) is 23.5 Å². The Hall–Kier alpha value is -2.25. The molecule has 0 aliphatic heterocycles. The largest absolute Gasteiger partial charge is 0.504 e. The van der Waals surface area contributed by atoms with Crippen LogP contribution >= 0.6 is 7.14 Å². The van der Waals surface area contributed by atoms with Gasteiger partial charge in [-0.1, -0.05) is 48.6 Å². The van der Waals surface area contributed by atoms with E-state index in [-0.39, 0.29) is 11.5 Å². The van der Waals surface area contributed by atoms with Gasteiger partial charge in [-0.2, -0.15) is 0 Å². The molecule has 0 saturated heterocycles. The molecule has 1 unspecified atom stereocenters. The molecule has 1 aliphatic carbocycles. The highest BCUT2D eigenvalue weighted by Crippen LogP contribution is 2.54. The average molecular weight is 312 g/mol. The van der Waals surface area contributed by atoms with E-state index in [1.807, 2.05) is 48.6 Å². The summed E-state index contributed by atoms with van der Waals surface area (Å²) in [5.41, 5.74) is 0. The summed E-state index contributed by atoms with van der Waals surface area (Å²) in [5, 5.41) is 21.5. The van der Waals surface area contributed by atoms with Gasteiger partial charge in [0.25, 0.3) is 0 Å². The minimum Gasteiger partial charge on any atom is -0.504 e. The van der Waals surface area contributed by atoms with Crippen LogP contribution in [0.25, 0.3) is 0 Å². The summed E-state index contributed by atoms with van der Waals surface area (Å²) in [7, 11) is -3.01. The first-order chi connectivity index (χ1) is 10.6. The van der Waals surface area contributed by atoms with E-state index < -0.39 is 7.14 Å². The molecule has 0 spiro atoms. The zero-order valence-electron chi connectivity index (χ0n) is 12.0. The summed E-state index contributed by atoms with van der Waals surface area (Å²) in [6, 6.07) is 13.7. The molecular weight excluding hydrogens is 295 g/mol. The summed E-state index contributed by atoms with van der Waals surface area (Å²) in [4.78, 5) is 0. The Bertz CT molecular complexity index is 791. The fourth-order valence-electron chi connectivity index (χ4n) is 2.68. The molecule has 3 nitrogen and oxygen atoms in total. The van der Waals surface area contributed by atoms with Crippen LogP contribution in [0.5, 0.6) is 11.5 Å². The van der Waals surface area contributed by atoms with Crippen LogP contribution in [0.15, 0.2) is 72.1 Å².